The molecule has 0 amide bonds. The van der Waals surface area contributed by atoms with Crippen LogP contribution in [0.1, 0.15) is 317 Å². The Morgan fingerprint density at radius 2 is 0.494 bits per heavy atom. The summed E-state index contributed by atoms with van der Waals surface area (Å²) in [6, 6.07) is 0. The van der Waals surface area contributed by atoms with E-state index in [0.29, 0.717) is 25.7 Å². The smallest absolute Gasteiger partial charge is 0.462 e. The van der Waals surface area contributed by atoms with Crippen LogP contribution in [0.25, 0.3) is 0 Å². The molecule has 0 rings (SSSR count). The number of ether oxygens (including phenoxy) is 4. The summed E-state index contributed by atoms with van der Waals surface area (Å²) in [5.74, 6) is -2.15. The molecule has 0 aromatic heterocycles. The minimum atomic E-state index is -4.94. The molecule has 0 saturated carbocycles. The minimum absolute atomic E-state index is 0.103. The van der Waals surface area contributed by atoms with E-state index in [9.17, 15) is 43.2 Å². The number of carbonyl (C=O) groups is 4. The molecule has 0 aromatic rings. The van der Waals surface area contributed by atoms with Gasteiger partial charge in [-0.2, -0.15) is 0 Å². The maximum Gasteiger partial charge on any atom is 0.472 e. The first-order valence-electron chi connectivity index (χ1n) is 32.8. The zero-order chi connectivity index (χ0) is 59.8. The van der Waals surface area contributed by atoms with Crippen LogP contribution >= 0.6 is 15.6 Å². The summed E-state index contributed by atoms with van der Waals surface area (Å²) in [6.07, 6.45) is 42.2. The molecule has 0 saturated heterocycles. The molecule has 0 aliphatic heterocycles. The second-order valence-corrected chi connectivity index (χ2v) is 25.4. The van der Waals surface area contributed by atoms with Crippen molar-refractivity contribution < 1.29 is 80.2 Å². The lowest BCUT2D eigenvalue weighted by Gasteiger charge is -2.21. The zero-order valence-electron chi connectivity index (χ0n) is 51.7. The summed E-state index contributed by atoms with van der Waals surface area (Å²) >= 11 is 0. The van der Waals surface area contributed by atoms with E-state index < -0.39 is 97.5 Å². The lowest BCUT2D eigenvalue weighted by atomic mass is 10.0. The lowest BCUT2D eigenvalue weighted by molar-refractivity contribution is -0.161. The van der Waals surface area contributed by atoms with Crippen LogP contribution in [0.15, 0.2) is 0 Å². The zero-order valence-corrected chi connectivity index (χ0v) is 53.5. The third-order valence-electron chi connectivity index (χ3n) is 14.4. The van der Waals surface area contributed by atoms with E-state index in [-0.39, 0.29) is 25.7 Å². The molecule has 2 unspecified atom stereocenters. The van der Waals surface area contributed by atoms with Gasteiger partial charge in [-0.1, -0.05) is 265 Å². The molecule has 19 heteroatoms. The molecule has 0 aromatic carbocycles. The van der Waals surface area contributed by atoms with Gasteiger partial charge in [0.15, 0.2) is 12.2 Å². The number of carbonyl (C=O) groups excluding carboxylic acids is 4. The highest BCUT2D eigenvalue weighted by molar-refractivity contribution is 7.47. The summed E-state index contributed by atoms with van der Waals surface area (Å²) in [5, 5.41) is 10.5. The van der Waals surface area contributed by atoms with Gasteiger partial charge >= 0.3 is 39.5 Å². The van der Waals surface area contributed by atoms with Gasteiger partial charge in [-0.25, -0.2) is 9.13 Å². The summed E-state index contributed by atoms with van der Waals surface area (Å²) in [6.45, 7) is 4.75. The molecule has 5 atom stereocenters. The predicted octanol–water partition coefficient (Wildman–Crippen LogP) is 17.2. The molecule has 0 aliphatic rings. The van der Waals surface area contributed by atoms with Crippen molar-refractivity contribution in [2.75, 3.05) is 39.6 Å². The Balaban J connectivity index is 5.11. The molecule has 0 radical (unpaired) electrons. The molecular weight excluding hydrogens is 1080 g/mol. The van der Waals surface area contributed by atoms with Gasteiger partial charge in [0.1, 0.15) is 19.3 Å². The van der Waals surface area contributed by atoms with Crippen LogP contribution in [-0.2, 0) is 65.4 Å². The van der Waals surface area contributed by atoms with E-state index in [1.165, 1.54) is 128 Å². The largest absolute Gasteiger partial charge is 0.472 e. The fraction of sp³-hybridized carbons (Fsp3) is 0.935. The molecule has 0 aliphatic carbocycles. The van der Waals surface area contributed by atoms with Crippen molar-refractivity contribution in [2.45, 2.75) is 335 Å². The van der Waals surface area contributed by atoms with E-state index in [2.05, 4.69) is 27.7 Å². The molecule has 17 nitrogen and oxygen atoms in total. The topological polar surface area (TPSA) is 237 Å². The molecular formula is C62H120O17P2. The summed E-state index contributed by atoms with van der Waals surface area (Å²) in [4.78, 5) is 71.7. The van der Waals surface area contributed by atoms with Gasteiger partial charge < -0.3 is 33.8 Å². The average Bonchev–Trinajstić information content (AvgIpc) is 3.44. The predicted molar refractivity (Wildman–Crippen MR) is 322 cm³/mol. The Morgan fingerprint density at radius 1 is 0.296 bits per heavy atom. The summed E-state index contributed by atoms with van der Waals surface area (Å²) in [5.41, 5.74) is 0. The first-order valence-corrected chi connectivity index (χ1v) is 35.8. The Morgan fingerprint density at radius 3 is 0.728 bits per heavy atom. The highest BCUT2D eigenvalue weighted by Crippen LogP contribution is 2.45. The maximum atomic E-state index is 13.0. The fourth-order valence-corrected chi connectivity index (χ4v) is 10.9. The van der Waals surface area contributed by atoms with Crippen molar-refractivity contribution in [1.29, 1.82) is 0 Å². The number of aliphatic hydroxyl groups excluding tert-OH is 1. The summed E-state index contributed by atoms with van der Waals surface area (Å²) < 4.78 is 67.6. The van der Waals surface area contributed by atoms with E-state index in [0.717, 1.165) is 109 Å². The molecule has 480 valence electrons. The fourth-order valence-electron chi connectivity index (χ4n) is 9.28. The number of phosphoric acid groups is 2. The van der Waals surface area contributed by atoms with Crippen molar-refractivity contribution in [1.82, 2.24) is 0 Å². The molecule has 0 bridgehead atoms. The highest BCUT2D eigenvalue weighted by atomic mass is 31.2. The monoisotopic (exact) mass is 1200 g/mol. The van der Waals surface area contributed by atoms with Gasteiger partial charge in [-0.3, -0.25) is 37.3 Å². The molecule has 0 fully saturated rings. The first-order chi connectivity index (χ1) is 39.2. The second kappa shape index (κ2) is 57.2. The third kappa shape index (κ3) is 56.9. The van der Waals surface area contributed by atoms with Crippen molar-refractivity contribution in [3.63, 3.8) is 0 Å². The van der Waals surface area contributed by atoms with Gasteiger partial charge in [0, 0.05) is 25.7 Å². The van der Waals surface area contributed by atoms with Gasteiger partial charge in [-0.15, -0.1) is 0 Å². The molecule has 81 heavy (non-hydrogen) atoms. The lowest BCUT2D eigenvalue weighted by Crippen LogP contribution is -2.30. The molecule has 0 spiro atoms. The Bertz CT molecular complexity index is 1570. The Labute approximate surface area is 492 Å². The standard InChI is InChI=1S/C62H120O17P2/c1-5-9-13-17-20-22-24-25-26-27-28-29-30-32-34-37-41-45-49-62(67)79-58(53-73-60(65)47-43-39-36-33-31-23-21-18-14-10-6-2)55-77-81(70,71)75-51-56(63)50-74-80(68,69)76-54-57(52-72-59(64)46-42-38-16-12-8-4)78-61(66)48-44-40-35-19-15-11-7-3/h56-58,63H,5-55H2,1-4H3,(H,68,69)(H,70,71)/t56-,57+,58+/m0/s1. The number of esters is 4. The van der Waals surface area contributed by atoms with Crippen LogP contribution in [0.5, 0.6) is 0 Å². The minimum Gasteiger partial charge on any atom is -0.462 e. The van der Waals surface area contributed by atoms with Gasteiger partial charge in [0.25, 0.3) is 0 Å². The number of unbranched alkanes of at least 4 members (excludes halogenated alkanes) is 37. The van der Waals surface area contributed by atoms with Crippen LogP contribution in [0, 0.1) is 0 Å². The number of phosphoric ester groups is 2. The van der Waals surface area contributed by atoms with Crippen molar-refractivity contribution in [3.8, 4) is 0 Å². The van der Waals surface area contributed by atoms with Crippen LogP contribution < -0.4 is 0 Å². The average molecular weight is 1200 g/mol. The van der Waals surface area contributed by atoms with Gasteiger partial charge in [0.2, 0.25) is 0 Å². The van der Waals surface area contributed by atoms with E-state index >= 15 is 0 Å². The SMILES string of the molecule is CCCCCCCCCCCCCCCCCCCCC(=O)O[C@H](COC(=O)CCCCCCCCCCCCC)COP(=O)(O)OC[C@@H](O)COP(=O)(O)OC[C@@H](COC(=O)CCCCCCC)OC(=O)CCCCCCCCC. The quantitative estimate of drug-likeness (QED) is 0.0222. The van der Waals surface area contributed by atoms with E-state index in [1.807, 2.05) is 0 Å². The van der Waals surface area contributed by atoms with Gasteiger partial charge in [-0.05, 0) is 25.7 Å². The molecule has 3 N–H and O–H groups in total. The third-order valence-corrected chi connectivity index (χ3v) is 16.3. The second-order valence-electron chi connectivity index (χ2n) is 22.4. The normalized spacial score (nSPS) is 14.2. The van der Waals surface area contributed by atoms with Crippen LogP contribution in [0.4, 0.5) is 0 Å². The van der Waals surface area contributed by atoms with Crippen molar-refractivity contribution >= 4 is 39.5 Å². The Kier molecular flexibility index (Phi) is 55.8. The Hall–Kier alpha value is -1.94. The van der Waals surface area contributed by atoms with E-state index in [1.54, 1.807) is 0 Å². The number of hydrogen-bond acceptors (Lipinski definition) is 15. The highest BCUT2D eigenvalue weighted by Gasteiger charge is 2.30. The van der Waals surface area contributed by atoms with Gasteiger partial charge in [0.05, 0.1) is 26.4 Å². The van der Waals surface area contributed by atoms with E-state index in [4.69, 9.17) is 37.0 Å². The number of aliphatic hydroxyl groups is 1. The first kappa shape index (κ1) is 79.1. The van der Waals surface area contributed by atoms with Crippen LogP contribution in [-0.4, -0.2) is 96.7 Å². The number of rotatable bonds is 63. The van der Waals surface area contributed by atoms with Crippen LogP contribution in [0.3, 0.4) is 0 Å². The van der Waals surface area contributed by atoms with Crippen LogP contribution in [0.2, 0.25) is 0 Å². The number of hydrogen-bond donors (Lipinski definition) is 3. The maximum absolute atomic E-state index is 13.0. The summed E-state index contributed by atoms with van der Waals surface area (Å²) in [7, 11) is -9.87. The van der Waals surface area contributed by atoms with Crippen molar-refractivity contribution in [3.05, 3.63) is 0 Å². The van der Waals surface area contributed by atoms with Crippen molar-refractivity contribution in [2.24, 2.45) is 0 Å². The molecule has 0 heterocycles.